The maximum atomic E-state index is 12.7. The fourth-order valence-electron chi connectivity index (χ4n) is 1.88. The average Bonchev–Trinajstić information content (AvgIpc) is 2.45. The van der Waals surface area contributed by atoms with Gasteiger partial charge in [-0.25, -0.2) is 4.98 Å². The maximum Gasteiger partial charge on any atom is 0.573 e. The molecular weight excluding hydrogens is 366 g/mol. The first-order chi connectivity index (χ1) is 11.5. The molecule has 0 N–H and O–H groups in total. The van der Waals surface area contributed by atoms with Crippen LogP contribution in [0.1, 0.15) is 5.69 Å². The summed E-state index contributed by atoms with van der Waals surface area (Å²) in [6.45, 7) is -3.54. The first kappa shape index (κ1) is 18.7. The quantitative estimate of drug-likeness (QED) is 0.685. The van der Waals surface area contributed by atoms with Crippen LogP contribution in [-0.4, -0.2) is 18.0 Å². The van der Waals surface area contributed by atoms with Crippen molar-refractivity contribution in [3.8, 4) is 22.8 Å². The lowest BCUT2D eigenvalue weighted by Gasteiger charge is -2.16. The molecule has 1 heterocycles. The van der Waals surface area contributed by atoms with Gasteiger partial charge >= 0.3 is 19.2 Å². The van der Waals surface area contributed by atoms with Crippen LogP contribution in [0.4, 0.5) is 35.1 Å². The van der Waals surface area contributed by atoms with Crippen molar-refractivity contribution in [2.45, 2.75) is 19.2 Å². The second kappa shape index (κ2) is 6.73. The Bertz CT molecular complexity index is 742. The van der Waals surface area contributed by atoms with Crippen LogP contribution < -0.4 is 9.47 Å². The summed E-state index contributed by atoms with van der Waals surface area (Å²) in [5.41, 5.74) is -2.48. The van der Waals surface area contributed by atoms with Gasteiger partial charge in [-0.15, -0.1) is 13.2 Å². The molecule has 0 amide bonds. The van der Waals surface area contributed by atoms with Crippen molar-refractivity contribution in [2.75, 3.05) is 0 Å². The Kier molecular flexibility index (Phi) is 5.04. The van der Waals surface area contributed by atoms with E-state index in [1.54, 1.807) is 0 Å². The van der Waals surface area contributed by atoms with E-state index in [0.29, 0.717) is 12.1 Å². The molecule has 1 aromatic carbocycles. The van der Waals surface area contributed by atoms with E-state index in [9.17, 15) is 35.1 Å². The Morgan fingerprint density at radius 3 is 2.04 bits per heavy atom. The zero-order valence-electron chi connectivity index (χ0n) is 11.8. The van der Waals surface area contributed by atoms with E-state index in [-0.39, 0.29) is 0 Å². The molecule has 1 aromatic heterocycles. The van der Waals surface area contributed by atoms with E-state index in [0.717, 1.165) is 18.2 Å². The molecule has 2 rings (SSSR count). The summed E-state index contributed by atoms with van der Waals surface area (Å²) < 4.78 is 108. The fourth-order valence-corrected chi connectivity index (χ4v) is 1.88. The highest BCUT2D eigenvalue weighted by atomic mass is 19.4. The minimum absolute atomic E-state index is 0.420. The number of nitrogens with zero attached hydrogens (tertiary/aromatic N) is 1. The Hall–Kier alpha value is -2.59. The van der Waals surface area contributed by atoms with Crippen molar-refractivity contribution in [2.24, 2.45) is 0 Å². The Labute approximate surface area is 134 Å². The molecule has 0 fully saturated rings. The van der Waals surface area contributed by atoms with Gasteiger partial charge in [0.2, 0.25) is 5.88 Å². The number of halogens is 8. The highest BCUT2D eigenvalue weighted by Crippen LogP contribution is 2.40. The predicted octanol–water partition coefficient (Wildman–Crippen LogP) is 5.27. The van der Waals surface area contributed by atoms with Crippen molar-refractivity contribution < 1.29 is 44.6 Å². The number of pyridine rings is 1. The molecule has 0 bridgehead atoms. The van der Waals surface area contributed by atoms with Crippen molar-refractivity contribution in [3.05, 3.63) is 42.1 Å². The number of alkyl halides is 8. The van der Waals surface area contributed by atoms with E-state index in [2.05, 4.69) is 14.5 Å². The molecule has 11 heteroatoms. The molecule has 0 aliphatic heterocycles. The summed E-state index contributed by atoms with van der Waals surface area (Å²) in [5, 5.41) is 0. The van der Waals surface area contributed by atoms with Crippen molar-refractivity contribution >= 4 is 0 Å². The van der Waals surface area contributed by atoms with Gasteiger partial charge < -0.3 is 9.47 Å². The standard InChI is InChI=1S/C14H7F8NO2/c15-12(16)24-11-8(5-6-10(23-11)13(17,18)19)7-3-1-2-4-9(7)25-14(20,21)22/h1-6,12H. The SMILES string of the molecule is FC(F)Oc1nc(C(F)(F)F)ccc1-c1ccccc1OC(F)(F)F. The van der Waals surface area contributed by atoms with Gasteiger partial charge in [-0.05, 0) is 18.2 Å². The third-order valence-corrected chi connectivity index (χ3v) is 2.75. The molecule has 0 unspecified atom stereocenters. The summed E-state index contributed by atoms with van der Waals surface area (Å²) >= 11 is 0. The van der Waals surface area contributed by atoms with Gasteiger partial charge in [0.15, 0.2) is 0 Å². The second-order valence-corrected chi connectivity index (χ2v) is 4.47. The van der Waals surface area contributed by atoms with Crippen LogP contribution in [-0.2, 0) is 6.18 Å². The molecule has 0 aliphatic carbocycles. The lowest BCUT2D eigenvalue weighted by molar-refractivity contribution is -0.274. The van der Waals surface area contributed by atoms with E-state index in [1.807, 2.05) is 0 Å². The number of hydrogen-bond donors (Lipinski definition) is 0. The van der Waals surface area contributed by atoms with Gasteiger partial charge in [0.05, 0.1) is 0 Å². The average molecular weight is 373 g/mol. The van der Waals surface area contributed by atoms with Crippen LogP contribution in [0.15, 0.2) is 36.4 Å². The van der Waals surface area contributed by atoms with Crippen LogP contribution in [0.25, 0.3) is 11.1 Å². The molecule has 0 spiro atoms. The number of aromatic nitrogens is 1. The Morgan fingerprint density at radius 1 is 0.840 bits per heavy atom. The summed E-state index contributed by atoms with van der Waals surface area (Å²) in [7, 11) is 0. The molecule has 136 valence electrons. The molecular formula is C14H7F8NO2. The van der Waals surface area contributed by atoms with Crippen LogP contribution in [0, 0.1) is 0 Å². The van der Waals surface area contributed by atoms with Gasteiger partial charge in [0.25, 0.3) is 0 Å². The molecule has 0 saturated carbocycles. The Morgan fingerprint density at radius 2 is 1.48 bits per heavy atom. The molecule has 3 nitrogen and oxygen atoms in total. The summed E-state index contributed by atoms with van der Waals surface area (Å²) in [5.74, 6) is -1.99. The lowest BCUT2D eigenvalue weighted by Crippen LogP contribution is -2.18. The highest BCUT2D eigenvalue weighted by Gasteiger charge is 2.35. The van der Waals surface area contributed by atoms with Crippen LogP contribution in [0.5, 0.6) is 11.6 Å². The first-order valence-corrected chi connectivity index (χ1v) is 6.35. The smallest absolute Gasteiger partial charge is 0.416 e. The third-order valence-electron chi connectivity index (χ3n) is 2.75. The number of benzene rings is 1. The monoisotopic (exact) mass is 373 g/mol. The minimum Gasteiger partial charge on any atom is -0.416 e. The fraction of sp³-hybridized carbons (Fsp3) is 0.214. The van der Waals surface area contributed by atoms with Gasteiger partial charge in [-0.1, -0.05) is 18.2 Å². The van der Waals surface area contributed by atoms with E-state index < -0.39 is 47.6 Å². The summed E-state index contributed by atoms with van der Waals surface area (Å²) in [4.78, 5) is 2.93. The maximum absolute atomic E-state index is 12.7. The molecule has 0 radical (unpaired) electrons. The molecule has 0 saturated heterocycles. The minimum atomic E-state index is -5.10. The van der Waals surface area contributed by atoms with Gasteiger partial charge in [-0.3, -0.25) is 0 Å². The predicted molar refractivity (Wildman–Crippen MR) is 68.0 cm³/mol. The van der Waals surface area contributed by atoms with Crippen LogP contribution in [0.3, 0.4) is 0 Å². The van der Waals surface area contributed by atoms with Crippen molar-refractivity contribution in [3.63, 3.8) is 0 Å². The van der Waals surface area contributed by atoms with Gasteiger partial charge in [0, 0.05) is 11.1 Å². The third kappa shape index (κ3) is 4.94. The number of para-hydroxylation sites is 1. The number of rotatable bonds is 4. The lowest BCUT2D eigenvalue weighted by atomic mass is 10.1. The zero-order valence-corrected chi connectivity index (χ0v) is 11.8. The van der Waals surface area contributed by atoms with E-state index in [4.69, 9.17) is 0 Å². The highest BCUT2D eigenvalue weighted by molar-refractivity contribution is 5.74. The number of hydrogen-bond acceptors (Lipinski definition) is 3. The van der Waals surface area contributed by atoms with Crippen molar-refractivity contribution in [1.29, 1.82) is 0 Å². The molecule has 0 aliphatic rings. The normalized spacial score (nSPS) is 12.4. The van der Waals surface area contributed by atoms with Gasteiger partial charge in [-0.2, -0.15) is 22.0 Å². The largest absolute Gasteiger partial charge is 0.573 e. The molecule has 2 aromatic rings. The topological polar surface area (TPSA) is 31.4 Å². The molecule has 0 atom stereocenters. The Balaban J connectivity index is 2.59. The number of ether oxygens (including phenoxy) is 2. The van der Waals surface area contributed by atoms with Gasteiger partial charge in [0.1, 0.15) is 11.4 Å². The van der Waals surface area contributed by atoms with Crippen molar-refractivity contribution in [1.82, 2.24) is 4.98 Å². The first-order valence-electron chi connectivity index (χ1n) is 6.35. The van der Waals surface area contributed by atoms with E-state index in [1.165, 1.54) is 6.07 Å². The summed E-state index contributed by atoms with van der Waals surface area (Å²) in [6.07, 6.45) is -10.1. The van der Waals surface area contributed by atoms with Crippen LogP contribution >= 0.6 is 0 Å². The summed E-state index contributed by atoms with van der Waals surface area (Å²) in [6, 6.07) is 5.40. The van der Waals surface area contributed by atoms with E-state index >= 15 is 0 Å². The van der Waals surface area contributed by atoms with Crippen LogP contribution in [0.2, 0.25) is 0 Å². The second-order valence-electron chi connectivity index (χ2n) is 4.47. The molecule has 25 heavy (non-hydrogen) atoms. The zero-order chi connectivity index (χ0) is 18.8.